The van der Waals surface area contributed by atoms with E-state index in [0.717, 1.165) is 22.3 Å². The minimum atomic E-state index is -4.12. The number of halogens is 1. The third kappa shape index (κ3) is 5.83. The van der Waals surface area contributed by atoms with Crippen molar-refractivity contribution < 1.29 is 17.7 Å². The summed E-state index contributed by atoms with van der Waals surface area (Å²) in [5, 5.41) is -0.313. The number of nitrogens with zero attached hydrogens (tertiary/aromatic N) is 1. The summed E-state index contributed by atoms with van der Waals surface area (Å²) in [7, 11) is -4.12. The first-order chi connectivity index (χ1) is 14.2. The number of benzene rings is 2. The molecule has 3 rings (SSSR count). The van der Waals surface area contributed by atoms with Crippen molar-refractivity contribution in [2.75, 3.05) is 6.61 Å². The van der Waals surface area contributed by atoms with Crippen molar-refractivity contribution in [1.29, 1.82) is 0 Å². The van der Waals surface area contributed by atoms with E-state index in [0.29, 0.717) is 16.5 Å². The molecule has 3 aromatic rings. The molecular formula is C23H20ClNO4S. The summed E-state index contributed by atoms with van der Waals surface area (Å²) in [5.74, 6) is 6.64. The predicted octanol–water partition coefficient (Wildman–Crippen LogP) is 4.77. The van der Waals surface area contributed by atoms with E-state index < -0.39 is 15.4 Å². The molecule has 30 heavy (non-hydrogen) atoms. The second kappa shape index (κ2) is 9.31. The smallest absolute Gasteiger partial charge is 0.270 e. The summed E-state index contributed by atoms with van der Waals surface area (Å²) in [5.41, 5.74) is 4.25. The molecule has 0 fully saturated rings. The van der Waals surface area contributed by atoms with Crippen molar-refractivity contribution in [3.05, 3.63) is 82.6 Å². The van der Waals surface area contributed by atoms with Gasteiger partial charge >= 0.3 is 0 Å². The number of aromatic nitrogens is 1. The standard InChI is InChI=1S/C23H20ClNO4S/c1-16-13-18(4-12-23(16)29-15-17(2)30(26,27)28)3-10-22-11-7-20(14-25-22)19-5-8-21(24)9-6-19/h4-9,11-14,17H,15H2,1-2H3,(H,26,27,28). The summed E-state index contributed by atoms with van der Waals surface area (Å²) < 4.78 is 36.7. The Labute approximate surface area is 181 Å². The van der Waals surface area contributed by atoms with Gasteiger partial charge in [0, 0.05) is 22.3 Å². The molecule has 1 atom stereocenters. The molecule has 0 saturated heterocycles. The number of aryl methyl sites for hydroxylation is 1. The highest BCUT2D eigenvalue weighted by molar-refractivity contribution is 7.86. The van der Waals surface area contributed by atoms with E-state index in [1.165, 1.54) is 6.92 Å². The zero-order valence-electron chi connectivity index (χ0n) is 16.5. The van der Waals surface area contributed by atoms with Crippen LogP contribution in [0.3, 0.4) is 0 Å². The lowest BCUT2D eigenvalue weighted by Crippen LogP contribution is -2.24. The number of pyridine rings is 1. The third-order valence-electron chi connectivity index (χ3n) is 4.43. The van der Waals surface area contributed by atoms with Gasteiger partial charge in [0.25, 0.3) is 10.1 Å². The molecule has 1 unspecified atom stereocenters. The maximum atomic E-state index is 11.1. The molecule has 0 aliphatic rings. The van der Waals surface area contributed by atoms with Gasteiger partial charge in [0.05, 0.1) is 0 Å². The lowest BCUT2D eigenvalue weighted by Gasteiger charge is -2.12. The molecule has 0 aliphatic heterocycles. The van der Waals surface area contributed by atoms with E-state index in [2.05, 4.69) is 16.8 Å². The number of ether oxygens (including phenoxy) is 1. The molecule has 1 heterocycles. The Morgan fingerprint density at radius 3 is 2.37 bits per heavy atom. The molecule has 0 radical (unpaired) electrons. The average molecular weight is 442 g/mol. The zero-order valence-corrected chi connectivity index (χ0v) is 18.0. The molecule has 0 amide bonds. The zero-order chi connectivity index (χ0) is 21.7. The van der Waals surface area contributed by atoms with Gasteiger partial charge in [-0.05, 0) is 67.3 Å². The first-order valence-electron chi connectivity index (χ1n) is 9.16. The lowest BCUT2D eigenvalue weighted by atomic mass is 10.1. The molecule has 5 nitrogen and oxygen atoms in total. The molecule has 0 spiro atoms. The van der Waals surface area contributed by atoms with Crippen molar-refractivity contribution in [2.24, 2.45) is 0 Å². The van der Waals surface area contributed by atoms with Crippen molar-refractivity contribution in [1.82, 2.24) is 4.98 Å². The van der Waals surface area contributed by atoms with Gasteiger partial charge in [0.1, 0.15) is 23.3 Å². The summed E-state index contributed by atoms with van der Waals surface area (Å²) in [4.78, 5) is 4.39. The first kappa shape index (κ1) is 21.8. The van der Waals surface area contributed by atoms with E-state index in [1.54, 1.807) is 18.3 Å². The molecule has 1 N–H and O–H groups in total. The number of hydrogen-bond donors (Lipinski definition) is 1. The summed E-state index contributed by atoms with van der Waals surface area (Å²) >= 11 is 5.92. The fraction of sp³-hybridized carbons (Fsp3) is 0.174. The summed E-state index contributed by atoms with van der Waals surface area (Å²) in [6.45, 7) is 3.10. The number of rotatable bonds is 5. The minimum Gasteiger partial charge on any atom is -0.492 e. The van der Waals surface area contributed by atoms with Crippen LogP contribution in [0.4, 0.5) is 0 Å². The van der Waals surface area contributed by atoms with Crippen LogP contribution in [-0.2, 0) is 10.1 Å². The quantitative estimate of drug-likeness (QED) is 0.456. The van der Waals surface area contributed by atoms with Crippen LogP contribution in [-0.4, -0.2) is 29.8 Å². The largest absolute Gasteiger partial charge is 0.492 e. The van der Waals surface area contributed by atoms with Crippen molar-refractivity contribution in [3.8, 4) is 28.7 Å². The van der Waals surface area contributed by atoms with Gasteiger partial charge in [-0.15, -0.1) is 0 Å². The van der Waals surface area contributed by atoms with Crippen molar-refractivity contribution in [3.63, 3.8) is 0 Å². The molecule has 0 saturated carbocycles. The monoisotopic (exact) mass is 441 g/mol. The van der Waals surface area contributed by atoms with Crippen LogP contribution in [0.2, 0.25) is 5.02 Å². The Morgan fingerprint density at radius 2 is 1.77 bits per heavy atom. The maximum absolute atomic E-state index is 11.1. The molecular weight excluding hydrogens is 422 g/mol. The van der Waals surface area contributed by atoms with Gasteiger partial charge in [-0.3, -0.25) is 4.55 Å². The van der Waals surface area contributed by atoms with Crippen LogP contribution in [0.15, 0.2) is 60.8 Å². The summed E-state index contributed by atoms with van der Waals surface area (Å²) in [6.07, 6.45) is 1.77. The molecule has 0 bridgehead atoms. The first-order valence-corrected chi connectivity index (χ1v) is 11.0. The van der Waals surface area contributed by atoms with Gasteiger partial charge in [-0.25, -0.2) is 4.98 Å². The molecule has 0 aliphatic carbocycles. The predicted molar refractivity (Wildman–Crippen MR) is 118 cm³/mol. The Bertz CT molecular complexity index is 1190. The SMILES string of the molecule is Cc1cc(C#Cc2ccc(-c3ccc(Cl)cc3)cn2)ccc1OCC(C)S(=O)(=O)O. The maximum Gasteiger partial charge on any atom is 0.270 e. The van der Waals surface area contributed by atoms with Crippen LogP contribution >= 0.6 is 11.6 Å². The number of hydrogen-bond acceptors (Lipinski definition) is 4. The fourth-order valence-corrected chi connectivity index (χ4v) is 2.97. The Morgan fingerprint density at radius 1 is 1.07 bits per heavy atom. The highest BCUT2D eigenvalue weighted by Gasteiger charge is 2.18. The van der Waals surface area contributed by atoms with Crippen LogP contribution in [0.1, 0.15) is 23.7 Å². The van der Waals surface area contributed by atoms with Crippen molar-refractivity contribution >= 4 is 21.7 Å². The molecule has 2 aromatic carbocycles. The van der Waals surface area contributed by atoms with E-state index >= 15 is 0 Å². The van der Waals surface area contributed by atoms with Gasteiger partial charge in [0.15, 0.2) is 0 Å². The lowest BCUT2D eigenvalue weighted by molar-refractivity contribution is 0.308. The Hall–Kier alpha value is -2.85. The van der Waals surface area contributed by atoms with Gasteiger partial charge < -0.3 is 4.74 Å². The minimum absolute atomic E-state index is 0.130. The highest BCUT2D eigenvalue weighted by atomic mass is 35.5. The van der Waals surface area contributed by atoms with E-state index in [1.807, 2.05) is 49.4 Å². The van der Waals surface area contributed by atoms with Crippen LogP contribution in [0.5, 0.6) is 5.75 Å². The van der Waals surface area contributed by atoms with Gasteiger partial charge in [-0.2, -0.15) is 8.42 Å². The Balaban J connectivity index is 1.68. The van der Waals surface area contributed by atoms with E-state index in [9.17, 15) is 8.42 Å². The van der Waals surface area contributed by atoms with E-state index in [4.69, 9.17) is 20.9 Å². The second-order valence-electron chi connectivity index (χ2n) is 6.81. The van der Waals surface area contributed by atoms with Crippen LogP contribution in [0, 0.1) is 18.8 Å². The highest BCUT2D eigenvalue weighted by Crippen LogP contribution is 2.21. The van der Waals surface area contributed by atoms with Crippen LogP contribution in [0.25, 0.3) is 11.1 Å². The summed E-state index contributed by atoms with van der Waals surface area (Å²) in [6, 6.07) is 16.7. The fourth-order valence-electron chi connectivity index (χ4n) is 2.60. The second-order valence-corrected chi connectivity index (χ2v) is 9.08. The molecule has 7 heteroatoms. The average Bonchev–Trinajstić information content (AvgIpc) is 2.71. The molecule has 154 valence electrons. The normalized spacial score (nSPS) is 12.0. The third-order valence-corrected chi connectivity index (χ3v) is 5.84. The van der Waals surface area contributed by atoms with Crippen molar-refractivity contribution in [2.45, 2.75) is 19.1 Å². The Kier molecular flexibility index (Phi) is 6.78. The topological polar surface area (TPSA) is 76.5 Å². The van der Waals surface area contributed by atoms with Crippen LogP contribution < -0.4 is 4.74 Å². The van der Waals surface area contributed by atoms with Gasteiger partial charge in [0.2, 0.25) is 0 Å². The van der Waals surface area contributed by atoms with E-state index in [-0.39, 0.29) is 6.61 Å². The van der Waals surface area contributed by atoms with Gasteiger partial charge in [-0.1, -0.05) is 35.7 Å². The molecule has 1 aromatic heterocycles.